The van der Waals surface area contributed by atoms with Gasteiger partial charge in [-0.1, -0.05) is 25.8 Å². The van der Waals surface area contributed by atoms with Crippen LogP contribution in [-0.4, -0.2) is 23.8 Å². The molecule has 0 aromatic heterocycles. The van der Waals surface area contributed by atoms with E-state index in [4.69, 9.17) is 9.84 Å². The van der Waals surface area contributed by atoms with Crippen molar-refractivity contribution in [1.29, 1.82) is 0 Å². The molecule has 0 aromatic rings. The van der Waals surface area contributed by atoms with Gasteiger partial charge >= 0.3 is 5.97 Å². The van der Waals surface area contributed by atoms with Crippen LogP contribution in [0.2, 0.25) is 0 Å². The van der Waals surface area contributed by atoms with Gasteiger partial charge in [-0.3, -0.25) is 0 Å². The summed E-state index contributed by atoms with van der Waals surface area (Å²) in [5.74, 6) is -0.896. The summed E-state index contributed by atoms with van der Waals surface area (Å²) in [6.45, 7) is 4.15. The van der Waals surface area contributed by atoms with Gasteiger partial charge in [0, 0.05) is 12.2 Å². The van der Waals surface area contributed by atoms with Gasteiger partial charge in [0.25, 0.3) is 0 Å². The van der Waals surface area contributed by atoms with Crippen LogP contribution in [0.4, 0.5) is 0 Å². The minimum Gasteiger partial charge on any atom is -0.478 e. The number of carboxylic acids is 1. The molecule has 1 N–H and O–H groups in total. The van der Waals surface area contributed by atoms with E-state index in [0.717, 1.165) is 6.42 Å². The Kier molecular flexibility index (Phi) is 5.40. The number of hydrogen-bond donors (Lipinski definition) is 1. The summed E-state index contributed by atoms with van der Waals surface area (Å²) < 4.78 is 5.68. The normalized spacial score (nSPS) is 17.6. The molecule has 0 heterocycles. The standard InChI is InChI=1S/C12H20O3/c1-10(12(13)14)6-5-9-15-11-7-3-2-4-8-11/h11H,1-9H2,(H,13,14). The van der Waals surface area contributed by atoms with Gasteiger partial charge in [-0.25, -0.2) is 4.79 Å². The second-order valence-corrected chi connectivity index (χ2v) is 4.14. The van der Waals surface area contributed by atoms with Gasteiger partial charge in [0.15, 0.2) is 0 Å². The third-order valence-electron chi connectivity index (χ3n) is 2.83. The quantitative estimate of drug-likeness (QED) is 0.544. The van der Waals surface area contributed by atoms with E-state index in [1.165, 1.54) is 32.1 Å². The molecule has 0 radical (unpaired) electrons. The first-order valence-corrected chi connectivity index (χ1v) is 5.73. The van der Waals surface area contributed by atoms with Crippen molar-refractivity contribution < 1.29 is 14.6 Å². The van der Waals surface area contributed by atoms with E-state index in [1.807, 2.05) is 0 Å². The predicted molar refractivity (Wildman–Crippen MR) is 58.8 cm³/mol. The van der Waals surface area contributed by atoms with Crippen LogP contribution in [0.5, 0.6) is 0 Å². The van der Waals surface area contributed by atoms with Crippen LogP contribution in [0.1, 0.15) is 44.9 Å². The van der Waals surface area contributed by atoms with Crippen LogP contribution in [0, 0.1) is 0 Å². The minimum absolute atomic E-state index is 0.280. The van der Waals surface area contributed by atoms with E-state index >= 15 is 0 Å². The first-order chi connectivity index (χ1) is 7.20. The highest BCUT2D eigenvalue weighted by molar-refractivity contribution is 5.85. The van der Waals surface area contributed by atoms with Crippen molar-refractivity contribution >= 4 is 5.97 Å². The van der Waals surface area contributed by atoms with Crippen molar-refractivity contribution in [2.75, 3.05) is 6.61 Å². The van der Waals surface area contributed by atoms with Gasteiger partial charge < -0.3 is 9.84 Å². The lowest BCUT2D eigenvalue weighted by molar-refractivity contribution is -0.132. The number of carboxylic acid groups (broad SMARTS) is 1. The highest BCUT2D eigenvalue weighted by atomic mass is 16.5. The Bertz CT molecular complexity index is 217. The summed E-state index contributed by atoms with van der Waals surface area (Å²) in [6.07, 6.45) is 7.91. The molecular weight excluding hydrogens is 192 g/mol. The molecule has 1 aliphatic carbocycles. The summed E-state index contributed by atoms with van der Waals surface area (Å²) in [5, 5.41) is 8.59. The van der Waals surface area contributed by atoms with Gasteiger partial charge in [-0.2, -0.15) is 0 Å². The SMILES string of the molecule is C=C(CCCOC1CCCCC1)C(=O)O. The molecule has 86 valence electrons. The minimum atomic E-state index is -0.896. The molecule has 3 heteroatoms. The van der Waals surface area contributed by atoms with E-state index in [-0.39, 0.29) is 5.57 Å². The predicted octanol–water partition coefficient (Wildman–Crippen LogP) is 2.76. The lowest BCUT2D eigenvalue weighted by Gasteiger charge is -2.21. The first kappa shape index (κ1) is 12.2. The number of rotatable bonds is 6. The summed E-state index contributed by atoms with van der Waals surface area (Å²) in [6, 6.07) is 0. The van der Waals surface area contributed by atoms with Crippen LogP contribution < -0.4 is 0 Å². The van der Waals surface area contributed by atoms with E-state index in [9.17, 15) is 4.79 Å². The third kappa shape index (κ3) is 4.98. The molecule has 3 nitrogen and oxygen atoms in total. The van der Waals surface area contributed by atoms with Crippen molar-refractivity contribution in [3.8, 4) is 0 Å². The fourth-order valence-corrected chi connectivity index (χ4v) is 1.87. The van der Waals surface area contributed by atoms with Crippen molar-refractivity contribution in [3.05, 3.63) is 12.2 Å². The molecule has 0 unspecified atom stereocenters. The highest BCUT2D eigenvalue weighted by Crippen LogP contribution is 2.20. The maximum absolute atomic E-state index is 10.5. The molecule has 0 aliphatic heterocycles. The van der Waals surface area contributed by atoms with Crippen molar-refractivity contribution in [2.45, 2.75) is 51.0 Å². The number of aliphatic carboxylic acids is 1. The van der Waals surface area contributed by atoms with Crippen molar-refractivity contribution in [3.63, 3.8) is 0 Å². The molecule has 0 bridgehead atoms. The zero-order chi connectivity index (χ0) is 11.1. The molecule has 0 saturated heterocycles. The summed E-state index contributed by atoms with van der Waals surface area (Å²) >= 11 is 0. The first-order valence-electron chi connectivity index (χ1n) is 5.73. The van der Waals surface area contributed by atoms with Gasteiger partial charge in [0.05, 0.1) is 6.10 Å². The highest BCUT2D eigenvalue weighted by Gasteiger charge is 2.13. The number of carbonyl (C=O) groups is 1. The average molecular weight is 212 g/mol. The third-order valence-corrected chi connectivity index (χ3v) is 2.83. The zero-order valence-corrected chi connectivity index (χ0v) is 9.21. The molecule has 0 aromatic carbocycles. The maximum Gasteiger partial charge on any atom is 0.330 e. The molecular formula is C12H20O3. The topological polar surface area (TPSA) is 46.5 Å². The van der Waals surface area contributed by atoms with E-state index in [1.54, 1.807) is 0 Å². The van der Waals surface area contributed by atoms with Crippen molar-refractivity contribution in [2.24, 2.45) is 0 Å². The van der Waals surface area contributed by atoms with Crippen LogP contribution >= 0.6 is 0 Å². The molecule has 1 rings (SSSR count). The largest absolute Gasteiger partial charge is 0.478 e. The molecule has 0 atom stereocenters. The van der Waals surface area contributed by atoms with E-state index in [2.05, 4.69) is 6.58 Å². The van der Waals surface area contributed by atoms with Crippen LogP contribution in [-0.2, 0) is 9.53 Å². The van der Waals surface area contributed by atoms with Gasteiger partial charge in [0.2, 0.25) is 0 Å². The van der Waals surface area contributed by atoms with Gasteiger partial charge in [-0.15, -0.1) is 0 Å². The van der Waals surface area contributed by atoms with Crippen LogP contribution in [0.25, 0.3) is 0 Å². The van der Waals surface area contributed by atoms with Crippen LogP contribution in [0.15, 0.2) is 12.2 Å². The molecule has 1 saturated carbocycles. The zero-order valence-electron chi connectivity index (χ0n) is 9.21. The lowest BCUT2D eigenvalue weighted by Crippen LogP contribution is -2.17. The average Bonchev–Trinajstić information content (AvgIpc) is 2.25. The van der Waals surface area contributed by atoms with E-state index in [0.29, 0.717) is 19.1 Å². The second-order valence-electron chi connectivity index (χ2n) is 4.14. The van der Waals surface area contributed by atoms with Crippen LogP contribution in [0.3, 0.4) is 0 Å². The fourth-order valence-electron chi connectivity index (χ4n) is 1.87. The van der Waals surface area contributed by atoms with E-state index < -0.39 is 5.97 Å². The van der Waals surface area contributed by atoms with Crippen molar-refractivity contribution in [1.82, 2.24) is 0 Å². The molecule has 15 heavy (non-hydrogen) atoms. The lowest BCUT2D eigenvalue weighted by atomic mass is 9.98. The van der Waals surface area contributed by atoms with Gasteiger partial charge in [0.1, 0.15) is 0 Å². The Balaban J connectivity index is 2.01. The Hall–Kier alpha value is -0.830. The Labute approximate surface area is 91.1 Å². The Morgan fingerprint density at radius 3 is 2.60 bits per heavy atom. The maximum atomic E-state index is 10.5. The summed E-state index contributed by atoms with van der Waals surface area (Å²) in [5.41, 5.74) is 0.280. The van der Waals surface area contributed by atoms with Gasteiger partial charge in [-0.05, 0) is 25.7 Å². The monoisotopic (exact) mass is 212 g/mol. The molecule has 1 fully saturated rings. The second kappa shape index (κ2) is 6.62. The summed E-state index contributed by atoms with van der Waals surface area (Å²) in [7, 11) is 0. The Morgan fingerprint density at radius 2 is 2.00 bits per heavy atom. The summed E-state index contributed by atoms with van der Waals surface area (Å²) in [4.78, 5) is 10.5. The smallest absolute Gasteiger partial charge is 0.330 e. The molecule has 1 aliphatic rings. The molecule has 0 amide bonds. The Morgan fingerprint density at radius 1 is 1.33 bits per heavy atom. The number of ether oxygens (including phenoxy) is 1. The number of hydrogen-bond acceptors (Lipinski definition) is 2. The molecule has 0 spiro atoms. The fraction of sp³-hybridized carbons (Fsp3) is 0.750.